The number of benzene rings is 1. The van der Waals surface area contributed by atoms with Crippen LogP contribution in [0.25, 0.3) is 0 Å². The highest BCUT2D eigenvalue weighted by Crippen LogP contribution is 2.22. The molecule has 2 rings (SSSR count). The fraction of sp³-hybridized carbons (Fsp3) is 0.455. The Hall–Kier alpha value is -0.540. The second-order valence-corrected chi connectivity index (χ2v) is 4.21. The summed E-state index contributed by atoms with van der Waals surface area (Å²) in [5.74, 6) is 1.05. The zero-order chi connectivity index (χ0) is 9.80. The lowest BCUT2D eigenvalue weighted by Gasteiger charge is -2.17. The molecule has 0 fully saturated rings. The maximum Gasteiger partial charge on any atom is 0.123 e. The van der Waals surface area contributed by atoms with Crippen molar-refractivity contribution in [2.24, 2.45) is 0 Å². The highest BCUT2D eigenvalue weighted by Gasteiger charge is 2.13. The molecule has 0 bridgehead atoms. The first kappa shape index (κ1) is 9.99. The molecule has 0 unspecified atom stereocenters. The summed E-state index contributed by atoms with van der Waals surface area (Å²) in [4.78, 5) is 2.40. The van der Waals surface area contributed by atoms with Gasteiger partial charge in [-0.05, 0) is 6.07 Å². The highest BCUT2D eigenvalue weighted by atomic mass is 79.9. The molecular weight excluding hydrogens is 242 g/mol. The van der Waals surface area contributed by atoms with E-state index in [9.17, 15) is 0 Å². The molecule has 3 heteroatoms. The van der Waals surface area contributed by atoms with Crippen molar-refractivity contribution in [3.8, 4) is 5.75 Å². The van der Waals surface area contributed by atoms with Crippen LogP contribution in [-0.4, -0.2) is 29.9 Å². The minimum Gasteiger partial charge on any atom is -0.492 e. The van der Waals surface area contributed by atoms with Gasteiger partial charge in [0.05, 0.1) is 0 Å². The van der Waals surface area contributed by atoms with Crippen molar-refractivity contribution >= 4 is 15.9 Å². The quantitative estimate of drug-likeness (QED) is 0.753. The summed E-state index contributed by atoms with van der Waals surface area (Å²) in [6.07, 6.45) is 0. The van der Waals surface area contributed by atoms with E-state index >= 15 is 0 Å². The lowest BCUT2D eigenvalue weighted by Crippen LogP contribution is -2.27. The molecule has 0 saturated heterocycles. The fourth-order valence-corrected chi connectivity index (χ4v) is 2.19. The van der Waals surface area contributed by atoms with Gasteiger partial charge in [-0.2, -0.15) is 0 Å². The molecule has 76 valence electrons. The van der Waals surface area contributed by atoms with E-state index < -0.39 is 0 Å². The van der Waals surface area contributed by atoms with Crippen molar-refractivity contribution in [3.05, 3.63) is 29.8 Å². The van der Waals surface area contributed by atoms with Crippen molar-refractivity contribution in [2.75, 3.05) is 25.0 Å². The summed E-state index contributed by atoms with van der Waals surface area (Å²) in [5.41, 5.74) is 1.30. The van der Waals surface area contributed by atoms with Crippen molar-refractivity contribution in [3.63, 3.8) is 0 Å². The second kappa shape index (κ2) is 4.80. The zero-order valence-electron chi connectivity index (χ0n) is 8.08. The lowest BCUT2D eigenvalue weighted by atomic mass is 10.2. The van der Waals surface area contributed by atoms with Gasteiger partial charge < -0.3 is 4.74 Å². The van der Waals surface area contributed by atoms with Crippen LogP contribution in [-0.2, 0) is 6.54 Å². The van der Waals surface area contributed by atoms with E-state index in [1.54, 1.807) is 0 Å². The molecule has 0 aliphatic carbocycles. The van der Waals surface area contributed by atoms with Gasteiger partial charge in [0.15, 0.2) is 0 Å². The van der Waals surface area contributed by atoms with E-state index in [0.717, 1.165) is 37.3 Å². The topological polar surface area (TPSA) is 12.5 Å². The van der Waals surface area contributed by atoms with Gasteiger partial charge in [0.25, 0.3) is 0 Å². The van der Waals surface area contributed by atoms with E-state index in [0.29, 0.717) is 0 Å². The molecule has 0 radical (unpaired) electrons. The van der Waals surface area contributed by atoms with E-state index in [4.69, 9.17) is 4.74 Å². The third-order valence-electron chi connectivity index (χ3n) is 2.43. The summed E-state index contributed by atoms with van der Waals surface area (Å²) in [6, 6.07) is 8.29. The minimum absolute atomic E-state index is 0.796. The smallest absolute Gasteiger partial charge is 0.123 e. The number of fused-ring (bicyclic) bond motifs is 1. The molecule has 14 heavy (non-hydrogen) atoms. The number of nitrogens with zero attached hydrogens (tertiary/aromatic N) is 1. The molecule has 1 heterocycles. The lowest BCUT2D eigenvalue weighted by molar-refractivity contribution is 0.236. The highest BCUT2D eigenvalue weighted by molar-refractivity contribution is 9.09. The van der Waals surface area contributed by atoms with Crippen molar-refractivity contribution in [1.29, 1.82) is 0 Å². The molecule has 1 aliphatic heterocycles. The molecule has 0 aromatic heterocycles. The Morgan fingerprint density at radius 1 is 1.36 bits per heavy atom. The molecule has 1 aromatic carbocycles. The molecule has 1 aliphatic rings. The number of hydrogen-bond acceptors (Lipinski definition) is 2. The van der Waals surface area contributed by atoms with Crippen LogP contribution in [0, 0.1) is 0 Å². The first-order chi connectivity index (χ1) is 6.90. The van der Waals surface area contributed by atoms with Gasteiger partial charge >= 0.3 is 0 Å². The molecule has 0 atom stereocenters. The van der Waals surface area contributed by atoms with Gasteiger partial charge in [0.2, 0.25) is 0 Å². The van der Waals surface area contributed by atoms with Crippen LogP contribution >= 0.6 is 15.9 Å². The number of hydrogen-bond donors (Lipinski definition) is 0. The molecule has 1 aromatic rings. The third kappa shape index (κ3) is 2.28. The van der Waals surface area contributed by atoms with Gasteiger partial charge in [0.1, 0.15) is 12.4 Å². The van der Waals surface area contributed by atoms with E-state index in [1.807, 2.05) is 12.1 Å². The number of para-hydroxylation sites is 1. The van der Waals surface area contributed by atoms with Gasteiger partial charge in [-0.25, -0.2) is 0 Å². The summed E-state index contributed by atoms with van der Waals surface area (Å²) >= 11 is 3.47. The van der Waals surface area contributed by atoms with Gasteiger partial charge in [-0.15, -0.1) is 0 Å². The maximum absolute atomic E-state index is 5.67. The van der Waals surface area contributed by atoms with Crippen molar-refractivity contribution in [1.82, 2.24) is 4.90 Å². The molecular formula is C11H14BrNO. The summed E-state index contributed by atoms with van der Waals surface area (Å²) in [5, 5.41) is 1.02. The standard InChI is InChI=1S/C11H14BrNO/c12-5-6-13-7-8-14-11-4-2-1-3-10(11)9-13/h1-4H,5-9H2. The van der Waals surface area contributed by atoms with E-state index in [1.165, 1.54) is 5.56 Å². The maximum atomic E-state index is 5.67. The van der Waals surface area contributed by atoms with Crippen LogP contribution in [0.15, 0.2) is 24.3 Å². The number of alkyl halides is 1. The van der Waals surface area contributed by atoms with E-state index in [-0.39, 0.29) is 0 Å². The summed E-state index contributed by atoms with van der Waals surface area (Å²) < 4.78 is 5.67. The van der Waals surface area contributed by atoms with E-state index in [2.05, 4.69) is 33.0 Å². The number of ether oxygens (including phenoxy) is 1. The monoisotopic (exact) mass is 255 g/mol. The Balaban J connectivity index is 2.14. The molecule has 0 amide bonds. The van der Waals surface area contributed by atoms with Crippen LogP contribution in [0.3, 0.4) is 0 Å². The predicted molar refractivity (Wildman–Crippen MR) is 61.0 cm³/mol. The number of halogens is 1. The fourth-order valence-electron chi connectivity index (χ4n) is 1.69. The zero-order valence-corrected chi connectivity index (χ0v) is 9.66. The van der Waals surface area contributed by atoms with Crippen LogP contribution in [0.4, 0.5) is 0 Å². The van der Waals surface area contributed by atoms with Gasteiger partial charge in [0, 0.05) is 30.5 Å². The Bertz CT molecular complexity index is 303. The Kier molecular flexibility index (Phi) is 3.43. The first-order valence-electron chi connectivity index (χ1n) is 4.89. The van der Waals surface area contributed by atoms with Crippen LogP contribution in [0.2, 0.25) is 0 Å². The summed E-state index contributed by atoms with van der Waals surface area (Å²) in [7, 11) is 0. The summed E-state index contributed by atoms with van der Waals surface area (Å²) in [6.45, 7) is 3.89. The minimum atomic E-state index is 0.796. The average Bonchev–Trinajstić information content (AvgIpc) is 2.40. The Labute approximate surface area is 93.0 Å². The first-order valence-corrected chi connectivity index (χ1v) is 6.01. The largest absolute Gasteiger partial charge is 0.492 e. The molecule has 0 saturated carbocycles. The van der Waals surface area contributed by atoms with Gasteiger partial charge in [-0.1, -0.05) is 34.1 Å². The number of rotatable bonds is 2. The van der Waals surface area contributed by atoms with Crippen LogP contribution < -0.4 is 4.74 Å². The normalized spacial score (nSPS) is 16.9. The predicted octanol–water partition coefficient (Wildman–Crippen LogP) is 2.28. The van der Waals surface area contributed by atoms with Crippen molar-refractivity contribution < 1.29 is 4.74 Å². The SMILES string of the molecule is BrCCN1CCOc2ccccc2C1. The molecule has 0 N–H and O–H groups in total. The Morgan fingerprint density at radius 3 is 3.07 bits per heavy atom. The Morgan fingerprint density at radius 2 is 2.21 bits per heavy atom. The van der Waals surface area contributed by atoms with Crippen molar-refractivity contribution in [2.45, 2.75) is 6.54 Å². The van der Waals surface area contributed by atoms with Crippen LogP contribution in [0.1, 0.15) is 5.56 Å². The molecule has 2 nitrogen and oxygen atoms in total. The van der Waals surface area contributed by atoms with Crippen LogP contribution in [0.5, 0.6) is 5.75 Å². The second-order valence-electron chi connectivity index (χ2n) is 3.42. The third-order valence-corrected chi connectivity index (χ3v) is 2.79. The van der Waals surface area contributed by atoms with Gasteiger partial charge in [-0.3, -0.25) is 4.90 Å². The average molecular weight is 256 g/mol. The molecule has 0 spiro atoms.